The fourth-order valence-electron chi connectivity index (χ4n) is 1.85. The van der Waals surface area contributed by atoms with Gasteiger partial charge in [0, 0.05) is 19.1 Å². The van der Waals surface area contributed by atoms with E-state index in [9.17, 15) is 0 Å². The molecule has 3 heteroatoms. The monoisotopic (exact) mass is 210 g/mol. The zero-order valence-electron chi connectivity index (χ0n) is 8.68. The van der Waals surface area contributed by atoms with Crippen molar-refractivity contribution in [1.82, 2.24) is 10.6 Å². The van der Waals surface area contributed by atoms with E-state index in [4.69, 9.17) is 0 Å². The minimum Gasteiger partial charge on any atom is -0.315 e. The first kappa shape index (κ1) is 10.1. The molecule has 0 bridgehead atoms. The maximum absolute atomic E-state index is 3.61. The van der Waals surface area contributed by atoms with Gasteiger partial charge in [0.1, 0.15) is 0 Å². The fourth-order valence-corrected chi connectivity index (χ4v) is 2.71. The number of hydrogen-bond donors (Lipinski definition) is 2. The molecular formula is C11H18N2S. The molecule has 1 unspecified atom stereocenters. The molecule has 1 fully saturated rings. The van der Waals surface area contributed by atoms with Crippen molar-refractivity contribution >= 4 is 11.3 Å². The molecule has 2 heterocycles. The van der Waals surface area contributed by atoms with E-state index in [1.54, 1.807) is 11.3 Å². The van der Waals surface area contributed by atoms with Crippen LogP contribution in [0.15, 0.2) is 10.8 Å². The van der Waals surface area contributed by atoms with Gasteiger partial charge in [-0.3, -0.25) is 0 Å². The lowest BCUT2D eigenvalue weighted by molar-refractivity contribution is 0.389. The molecule has 2 nitrogen and oxygen atoms in total. The smallest absolute Gasteiger partial charge is 0.0219 e. The van der Waals surface area contributed by atoms with Gasteiger partial charge in [-0.1, -0.05) is 0 Å². The summed E-state index contributed by atoms with van der Waals surface area (Å²) in [6.45, 7) is 5.53. The van der Waals surface area contributed by atoms with Crippen LogP contribution in [0, 0.1) is 6.92 Å². The van der Waals surface area contributed by atoms with Crippen LogP contribution in [0.25, 0.3) is 0 Å². The van der Waals surface area contributed by atoms with Gasteiger partial charge in [-0.2, -0.15) is 11.3 Å². The molecule has 2 N–H and O–H groups in total. The van der Waals surface area contributed by atoms with Crippen LogP contribution in [-0.2, 0) is 6.54 Å². The standard InChI is InChI=1S/C11H18N2S/c1-9-7-14-8-10(9)5-13-11-3-2-4-12-6-11/h7-8,11-13H,2-6H2,1H3. The van der Waals surface area contributed by atoms with Gasteiger partial charge in [0.15, 0.2) is 0 Å². The Kier molecular flexibility index (Phi) is 3.56. The molecule has 1 aliphatic heterocycles. The summed E-state index contributed by atoms with van der Waals surface area (Å²) in [5.41, 5.74) is 2.88. The van der Waals surface area contributed by atoms with Crippen LogP contribution in [-0.4, -0.2) is 19.1 Å². The topological polar surface area (TPSA) is 24.1 Å². The third-order valence-corrected chi connectivity index (χ3v) is 3.75. The number of rotatable bonds is 3. The predicted molar refractivity (Wildman–Crippen MR) is 61.8 cm³/mol. The number of nitrogens with one attached hydrogen (secondary N) is 2. The van der Waals surface area contributed by atoms with Crippen molar-refractivity contribution in [3.8, 4) is 0 Å². The van der Waals surface area contributed by atoms with E-state index in [0.717, 1.165) is 13.1 Å². The fraction of sp³-hybridized carbons (Fsp3) is 0.636. The summed E-state index contributed by atoms with van der Waals surface area (Å²) in [5.74, 6) is 0. The highest BCUT2D eigenvalue weighted by atomic mass is 32.1. The van der Waals surface area contributed by atoms with Crippen molar-refractivity contribution in [3.05, 3.63) is 21.9 Å². The first-order valence-electron chi connectivity index (χ1n) is 5.32. The van der Waals surface area contributed by atoms with Crippen molar-refractivity contribution in [2.24, 2.45) is 0 Å². The van der Waals surface area contributed by atoms with Gasteiger partial charge < -0.3 is 10.6 Å². The molecule has 14 heavy (non-hydrogen) atoms. The summed E-state index contributed by atoms with van der Waals surface area (Å²) in [4.78, 5) is 0. The van der Waals surface area contributed by atoms with Crippen LogP contribution in [0.3, 0.4) is 0 Å². The third-order valence-electron chi connectivity index (χ3n) is 2.84. The lowest BCUT2D eigenvalue weighted by atomic mass is 10.1. The van der Waals surface area contributed by atoms with Crippen molar-refractivity contribution in [3.63, 3.8) is 0 Å². The average molecular weight is 210 g/mol. The Morgan fingerprint density at radius 1 is 1.57 bits per heavy atom. The SMILES string of the molecule is Cc1cscc1CNC1CCCNC1. The normalized spacial score (nSPS) is 22.5. The Labute approximate surface area is 89.7 Å². The van der Waals surface area contributed by atoms with E-state index in [1.165, 1.54) is 30.5 Å². The van der Waals surface area contributed by atoms with Gasteiger partial charge >= 0.3 is 0 Å². The molecule has 1 saturated heterocycles. The molecule has 0 radical (unpaired) electrons. The number of aryl methyl sites for hydroxylation is 1. The molecule has 1 atom stereocenters. The first-order valence-corrected chi connectivity index (χ1v) is 6.26. The lowest BCUT2D eigenvalue weighted by Gasteiger charge is -2.23. The van der Waals surface area contributed by atoms with E-state index >= 15 is 0 Å². The van der Waals surface area contributed by atoms with Gasteiger partial charge in [-0.15, -0.1) is 0 Å². The number of thiophene rings is 1. The third kappa shape index (κ3) is 2.56. The molecule has 78 valence electrons. The summed E-state index contributed by atoms with van der Waals surface area (Å²) in [6.07, 6.45) is 2.62. The molecule has 0 aromatic carbocycles. The number of piperidine rings is 1. The van der Waals surface area contributed by atoms with Gasteiger partial charge in [-0.25, -0.2) is 0 Å². The number of hydrogen-bond acceptors (Lipinski definition) is 3. The molecule has 1 aromatic heterocycles. The summed E-state index contributed by atoms with van der Waals surface area (Å²) < 4.78 is 0. The molecule has 0 aliphatic carbocycles. The van der Waals surface area contributed by atoms with Gasteiger partial charge in [0.2, 0.25) is 0 Å². The molecule has 1 aromatic rings. The van der Waals surface area contributed by atoms with E-state index in [-0.39, 0.29) is 0 Å². The zero-order valence-corrected chi connectivity index (χ0v) is 9.49. The highest BCUT2D eigenvalue weighted by Crippen LogP contribution is 2.13. The van der Waals surface area contributed by atoms with Crippen LogP contribution in [0.5, 0.6) is 0 Å². The van der Waals surface area contributed by atoms with Gasteiger partial charge in [0.25, 0.3) is 0 Å². The summed E-state index contributed by atoms with van der Waals surface area (Å²) in [7, 11) is 0. The molecular weight excluding hydrogens is 192 g/mol. The van der Waals surface area contributed by atoms with Crippen LogP contribution >= 0.6 is 11.3 Å². The largest absolute Gasteiger partial charge is 0.315 e. The molecule has 1 aliphatic rings. The molecule has 2 rings (SSSR count). The van der Waals surface area contributed by atoms with E-state index in [1.807, 2.05) is 0 Å². The second kappa shape index (κ2) is 4.91. The Bertz CT molecular complexity index is 277. The second-order valence-electron chi connectivity index (χ2n) is 4.00. The van der Waals surface area contributed by atoms with Gasteiger partial charge in [0.05, 0.1) is 0 Å². The van der Waals surface area contributed by atoms with Crippen molar-refractivity contribution in [2.45, 2.75) is 32.4 Å². The maximum atomic E-state index is 3.61. The van der Waals surface area contributed by atoms with E-state index in [0.29, 0.717) is 6.04 Å². The second-order valence-corrected chi connectivity index (χ2v) is 4.75. The average Bonchev–Trinajstić information content (AvgIpc) is 2.63. The molecule has 0 spiro atoms. The highest BCUT2D eigenvalue weighted by Gasteiger charge is 2.12. The summed E-state index contributed by atoms with van der Waals surface area (Å²) in [6, 6.07) is 0.669. The Morgan fingerprint density at radius 2 is 2.50 bits per heavy atom. The Morgan fingerprint density at radius 3 is 3.14 bits per heavy atom. The van der Waals surface area contributed by atoms with E-state index < -0.39 is 0 Å². The zero-order chi connectivity index (χ0) is 9.80. The summed E-state index contributed by atoms with van der Waals surface area (Å²) >= 11 is 1.80. The van der Waals surface area contributed by atoms with Crippen molar-refractivity contribution in [2.75, 3.05) is 13.1 Å². The van der Waals surface area contributed by atoms with Crippen molar-refractivity contribution < 1.29 is 0 Å². The van der Waals surface area contributed by atoms with Crippen LogP contribution in [0.2, 0.25) is 0 Å². The quantitative estimate of drug-likeness (QED) is 0.796. The van der Waals surface area contributed by atoms with Crippen LogP contribution in [0.4, 0.5) is 0 Å². The minimum absolute atomic E-state index is 0.669. The maximum Gasteiger partial charge on any atom is 0.0219 e. The van der Waals surface area contributed by atoms with Gasteiger partial charge in [-0.05, 0) is 48.2 Å². The van der Waals surface area contributed by atoms with Crippen LogP contribution < -0.4 is 10.6 Å². The molecule has 0 saturated carbocycles. The molecule has 0 amide bonds. The minimum atomic E-state index is 0.669. The lowest BCUT2D eigenvalue weighted by Crippen LogP contribution is -2.42. The predicted octanol–water partition coefficient (Wildman–Crippen LogP) is 1.90. The Hall–Kier alpha value is -0.380. The first-order chi connectivity index (χ1) is 6.86. The Balaban J connectivity index is 1.79. The van der Waals surface area contributed by atoms with Crippen molar-refractivity contribution in [1.29, 1.82) is 0 Å². The van der Waals surface area contributed by atoms with E-state index in [2.05, 4.69) is 28.3 Å². The van der Waals surface area contributed by atoms with Crippen LogP contribution in [0.1, 0.15) is 24.0 Å². The summed E-state index contributed by atoms with van der Waals surface area (Å²) in [5, 5.41) is 11.5. The highest BCUT2D eigenvalue weighted by molar-refractivity contribution is 7.08.